The first-order valence-electron chi connectivity index (χ1n) is 7.79. The first kappa shape index (κ1) is 17.2. The number of hydrogen-bond donors (Lipinski definition) is 3. The summed E-state index contributed by atoms with van der Waals surface area (Å²) >= 11 is 1.51. The van der Waals surface area contributed by atoms with Gasteiger partial charge in [0.05, 0.1) is 12.6 Å². The number of thiophene rings is 1. The highest BCUT2D eigenvalue weighted by Crippen LogP contribution is 2.34. The molecule has 3 N–H and O–H groups in total. The molecule has 2 heterocycles. The minimum Gasteiger partial charge on any atom is -0.454 e. The average molecular weight is 362 g/mol. The molecular weight excluding hydrogens is 344 g/mol. The zero-order valence-corrected chi connectivity index (χ0v) is 14.2. The molecule has 1 aliphatic rings. The van der Waals surface area contributed by atoms with Crippen LogP contribution in [0.2, 0.25) is 0 Å². The monoisotopic (exact) mass is 362 g/mol. The number of ether oxygens (including phenoxy) is 2. The van der Waals surface area contributed by atoms with Crippen molar-refractivity contribution in [3.63, 3.8) is 0 Å². The van der Waals surface area contributed by atoms with Crippen LogP contribution >= 0.6 is 11.3 Å². The number of aliphatic hydroxyl groups excluding tert-OH is 1. The molecule has 2 amide bonds. The van der Waals surface area contributed by atoms with Crippen molar-refractivity contribution in [3.05, 3.63) is 46.2 Å². The van der Waals surface area contributed by atoms with Crippen LogP contribution in [0.25, 0.3) is 0 Å². The summed E-state index contributed by atoms with van der Waals surface area (Å²) in [7, 11) is 0. The molecule has 1 aliphatic heterocycles. The average Bonchev–Trinajstić information content (AvgIpc) is 3.29. The van der Waals surface area contributed by atoms with Gasteiger partial charge < -0.3 is 25.2 Å². The molecule has 0 radical (unpaired) electrons. The molecule has 0 aliphatic carbocycles. The Balaban J connectivity index is 1.41. The lowest BCUT2D eigenvalue weighted by Crippen LogP contribution is -2.40. The van der Waals surface area contributed by atoms with Gasteiger partial charge in [-0.05, 0) is 35.6 Å². The Morgan fingerprint density at radius 2 is 1.96 bits per heavy atom. The second-order valence-corrected chi connectivity index (χ2v) is 6.47. The first-order chi connectivity index (χ1) is 12.1. The van der Waals surface area contributed by atoms with Gasteiger partial charge in [-0.2, -0.15) is 0 Å². The summed E-state index contributed by atoms with van der Waals surface area (Å²) < 4.78 is 10.5. The molecule has 0 spiro atoms. The van der Waals surface area contributed by atoms with Gasteiger partial charge in [0, 0.05) is 11.4 Å². The van der Waals surface area contributed by atoms with E-state index in [1.807, 2.05) is 17.5 Å². The topological polar surface area (TPSA) is 96.9 Å². The molecular formula is C17H18N2O5S. The van der Waals surface area contributed by atoms with Crippen LogP contribution in [0.3, 0.4) is 0 Å². The van der Waals surface area contributed by atoms with Crippen molar-refractivity contribution in [2.24, 2.45) is 0 Å². The largest absolute Gasteiger partial charge is 0.454 e. The summed E-state index contributed by atoms with van der Waals surface area (Å²) in [5.41, 5.74) is 0.667. The summed E-state index contributed by atoms with van der Waals surface area (Å²) in [6.45, 7) is 0.677. The van der Waals surface area contributed by atoms with Crippen molar-refractivity contribution < 1.29 is 24.2 Å². The number of aliphatic hydroxyl groups is 1. The normalized spacial score (nSPS) is 13.3. The predicted molar refractivity (Wildman–Crippen MR) is 91.3 cm³/mol. The van der Waals surface area contributed by atoms with E-state index in [4.69, 9.17) is 9.47 Å². The van der Waals surface area contributed by atoms with Crippen LogP contribution in [-0.4, -0.2) is 30.3 Å². The predicted octanol–water partition coefficient (Wildman–Crippen LogP) is 1.33. The molecule has 0 bridgehead atoms. The van der Waals surface area contributed by atoms with Crippen molar-refractivity contribution in [2.75, 3.05) is 13.3 Å². The van der Waals surface area contributed by atoms with E-state index in [1.165, 1.54) is 11.3 Å². The molecule has 1 aromatic carbocycles. The first-order valence-corrected chi connectivity index (χ1v) is 8.67. The molecule has 2 aromatic rings. The summed E-state index contributed by atoms with van der Waals surface area (Å²) in [6, 6.07) is 8.95. The van der Waals surface area contributed by atoms with Gasteiger partial charge in [0.1, 0.15) is 0 Å². The van der Waals surface area contributed by atoms with Crippen molar-refractivity contribution in [1.29, 1.82) is 0 Å². The van der Waals surface area contributed by atoms with E-state index in [0.29, 0.717) is 23.6 Å². The van der Waals surface area contributed by atoms with E-state index in [9.17, 15) is 14.7 Å². The lowest BCUT2D eigenvalue weighted by Gasteiger charge is -2.12. The van der Waals surface area contributed by atoms with Crippen LogP contribution in [-0.2, 0) is 16.1 Å². The molecule has 3 rings (SSSR count). The van der Waals surface area contributed by atoms with Gasteiger partial charge in [-0.25, -0.2) is 0 Å². The number of nitrogens with one attached hydrogen (secondary N) is 2. The zero-order valence-electron chi connectivity index (χ0n) is 13.4. The van der Waals surface area contributed by atoms with E-state index in [2.05, 4.69) is 10.6 Å². The standard InChI is InChI=1S/C17H18N2O5S/c20-13(11-3-4-14-15(8-11)24-10-23-14)5-6-18-16(21)17(22)19-9-12-2-1-7-25-12/h1-4,7-8,13,20H,5-6,9-10H2,(H,18,21)(H,19,22)/t13-/m0/s1. The Bertz CT molecular complexity index is 748. The number of fused-ring (bicyclic) bond motifs is 1. The van der Waals surface area contributed by atoms with Gasteiger partial charge >= 0.3 is 11.8 Å². The Hall–Kier alpha value is -2.58. The number of rotatable bonds is 6. The van der Waals surface area contributed by atoms with Crippen molar-refractivity contribution in [3.8, 4) is 11.5 Å². The Kier molecular flexibility index (Phi) is 5.52. The lowest BCUT2D eigenvalue weighted by atomic mass is 10.1. The smallest absolute Gasteiger partial charge is 0.309 e. The molecule has 8 heteroatoms. The molecule has 25 heavy (non-hydrogen) atoms. The fourth-order valence-corrected chi connectivity index (χ4v) is 3.00. The number of amides is 2. The third kappa shape index (κ3) is 4.49. The molecule has 0 saturated carbocycles. The maximum atomic E-state index is 11.7. The summed E-state index contributed by atoms with van der Waals surface area (Å²) in [5, 5.41) is 17.1. The van der Waals surface area contributed by atoms with Gasteiger partial charge in [0.25, 0.3) is 0 Å². The van der Waals surface area contributed by atoms with Gasteiger partial charge in [0.2, 0.25) is 6.79 Å². The quantitative estimate of drug-likeness (QED) is 0.674. The number of carbonyl (C=O) groups excluding carboxylic acids is 2. The Morgan fingerprint density at radius 1 is 1.16 bits per heavy atom. The van der Waals surface area contributed by atoms with Crippen molar-refractivity contribution in [2.45, 2.75) is 19.1 Å². The minimum atomic E-state index is -0.774. The van der Waals surface area contributed by atoms with E-state index in [1.54, 1.807) is 18.2 Å². The maximum Gasteiger partial charge on any atom is 0.309 e. The van der Waals surface area contributed by atoms with E-state index < -0.39 is 17.9 Å². The maximum absolute atomic E-state index is 11.7. The second-order valence-electron chi connectivity index (χ2n) is 5.44. The number of carbonyl (C=O) groups is 2. The summed E-state index contributed by atoms with van der Waals surface area (Å²) in [6.07, 6.45) is -0.493. The Morgan fingerprint density at radius 3 is 2.76 bits per heavy atom. The fraction of sp³-hybridized carbons (Fsp3) is 0.294. The van der Waals surface area contributed by atoms with Gasteiger partial charge in [0.15, 0.2) is 11.5 Å². The third-order valence-electron chi connectivity index (χ3n) is 3.69. The van der Waals surface area contributed by atoms with Gasteiger partial charge in [-0.15, -0.1) is 11.3 Å². The minimum absolute atomic E-state index is 0.172. The van der Waals surface area contributed by atoms with E-state index >= 15 is 0 Å². The summed E-state index contributed by atoms with van der Waals surface area (Å²) in [5.74, 6) is -0.166. The molecule has 132 valence electrons. The fourth-order valence-electron chi connectivity index (χ4n) is 2.35. The molecule has 0 fully saturated rings. The molecule has 1 atom stereocenters. The van der Waals surface area contributed by atoms with Crippen LogP contribution in [0.1, 0.15) is 23.0 Å². The molecule has 0 saturated heterocycles. The van der Waals surface area contributed by atoms with Crippen molar-refractivity contribution >= 4 is 23.2 Å². The van der Waals surface area contributed by atoms with Crippen LogP contribution in [0, 0.1) is 0 Å². The molecule has 0 unspecified atom stereocenters. The highest BCUT2D eigenvalue weighted by Gasteiger charge is 2.17. The van der Waals surface area contributed by atoms with E-state index in [-0.39, 0.29) is 19.8 Å². The lowest BCUT2D eigenvalue weighted by molar-refractivity contribution is -0.139. The third-order valence-corrected chi connectivity index (χ3v) is 4.57. The van der Waals surface area contributed by atoms with Gasteiger partial charge in [-0.1, -0.05) is 12.1 Å². The van der Waals surface area contributed by atoms with Crippen LogP contribution < -0.4 is 20.1 Å². The van der Waals surface area contributed by atoms with E-state index in [0.717, 1.165) is 4.88 Å². The molecule has 1 aromatic heterocycles. The van der Waals surface area contributed by atoms with Crippen LogP contribution in [0.4, 0.5) is 0 Å². The van der Waals surface area contributed by atoms with Crippen LogP contribution in [0.15, 0.2) is 35.7 Å². The molecule has 7 nitrogen and oxygen atoms in total. The van der Waals surface area contributed by atoms with Gasteiger partial charge in [-0.3, -0.25) is 9.59 Å². The number of benzene rings is 1. The highest BCUT2D eigenvalue weighted by atomic mass is 32.1. The Labute approximate surface area is 148 Å². The zero-order chi connectivity index (χ0) is 17.6. The second kappa shape index (κ2) is 8.00. The van der Waals surface area contributed by atoms with Crippen LogP contribution in [0.5, 0.6) is 11.5 Å². The SMILES string of the molecule is O=C(NCC[C@H](O)c1ccc2c(c1)OCO2)C(=O)NCc1cccs1. The van der Waals surface area contributed by atoms with Crippen molar-refractivity contribution in [1.82, 2.24) is 10.6 Å². The highest BCUT2D eigenvalue weighted by molar-refractivity contribution is 7.09. The summed E-state index contributed by atoms with van der Waals surface area (Å²) in [4.78, 5) is 24.4. The number of hydrogen-bond acceptors (Lipinski definition) is 6.